The Labute approximate surface area is 192 Å². The molecule has 0 bridgehead atoms. The van der Waals surface area contributed by atoms with Crippen molar-refractivity contribution in [1.82, 2.24) is 10.2 Å². The van der Waals surface area contributed by atoms with Crippen LogP contribution in [0.3, 0.4) is 0 Å². The van der Waals surface area contributed by atoms with Crippen LogP contribution >= 0.6 is 0 Å². The van der Waals surface area contributed by atoms with Crippen LogP contribution in [0.5, 0.6) is 0 Å². The van der Waals surface area contributed by atoms with Gasteiger partial charge in [-0.25, -0.2) is 0 Å². The van der Waals surface area contributed by atoms with Gasteiger partial charge in [-0.05, 0) is 53.3 Å². The first kappa shape index (κ1) is 20.9. The molecule has 1 amide bonds. The average molecular weight is 437 g/mol. The lowest BCUT2D eigenvalue weighted by molar-refractivity contribution is -0.132. The Morgan fingerprint density at radius 2 is 1.61 bits per heavy atom. The minimum atomic E-state index is -1.19. The summed E-state index contributed by atoms with van der Waals surface area (Å²) < 4.78 is 5.48. The predicted molar refractivity (Wildman–Crippen MR) is 125 cm³/mol. The molecule has 0 saturated carbocycles. The van der Waals surface area contributed by atoms with E-state index in [1.165, 1.54) is 0 Å². The molecule has 2 aliphatic heterocycles. The van der Waals surface area contributed by atoms with Crippen molar-refractivity contribution in [3.8, 4) is 17.2 Å². The summed E-state index contributed by atoms with van der Waals surface area (Å²) >= 11 is 0. The molecule has 2 fully saturated rings. The van der Waals surface area contributed by atoms with Gasteiger partial charge in [0.2, 0.25) is 0 Å². The molecule has 1 unspecified atom stereocenters. The zero-order valence-electron chi connectivity index (χ0n) is 18.1. The fourth-order valence-corrected chi connectivity index (χ4v) is 4.81. The smallest absolute Gasteiger partial charge is 0.264 e. The standard InChI is InChI=1S/C27H24N4O2/c28-18-19-6-4-7-20(16-19)21-8-5-11-23(17-21)27(22-9-2-1-3-10-22)25(32)31(26(29)30-27)24-12-14-33-15-13-24/h1-11,16-17,24H,12-15H2,(H2,29,30). The highest BCUT2D eigenvalue weighted by molar-refractivity contribution is 6.10. The van der Waals surface area contributed by atoms with E-state index >= 15 is 0 Å². The van der Waals surface area contributed by atoms with Gasteiger partial charge in [-0.2, -0.15) is 5.26 Å². The summed E-state index contributed by atoms with van der Waals surface area (Å²) in [5, 5.41) is 21.3. The van der Waals surface area contributed by atoms with E-state index in [1.807, 2.05) is 72.8 Å². The summed E-state index contributed by atoms with van der Waals surface area (Å²) in [5.74, 6) is -0.0267. The molecular formula is C27H24N4O2. The topological polar surface area (TPSA) is 89.2 Å². The van der Waals surface area contributed by atoms with Crippen LogP contribution in [0.1, 0.15) is 29.5 Å². The summed E-state index contributed by atoms with van der Waals surface area (Å²) in [4.78, 5) is 15.7. The summed E-state index contributed by atoms with van der Waals surface area (Å²) in [6.07, 6.45) is 1.42. The zero-order valence-corrected chi connectivity index (χ0v) is 18.1. The van der Waals surface area contributed by atoms with Crippen molar-refractivity contribution in [1.29, 1.82) is 10.7 Å². The Balaban J connectivity index is 1.64. The Kier molecular flexibility index (Phi) is 5.41. The number of carbonyl (C=O) groups excluding carboxylic acids is 1. The van der Waals surface area contributed by atoms with Gasteiger partial charge in [0, 0.05) is 19.3 Å². The summed E-state index contributed by atoms with van der Waals surface area (Å²) in [6.45, 7) is 1.18. The second kappa shape index (κ2) is 8.53. The van der Waals surface area contributed by atoms with E-state index in [0.29, 0.717) is 31.6 Å². The number of benzene rings is 3. The van der Waals surface area contributed by atoms with Gasteiger partial charge < -0.3 is 10.1 Å². The van der Waals surface area contributed by atoms with Crippen molar-refractivity contribution in [2.75, 3.05) is 13.2 Å². The maximum Gasteiger partial charge on any atom is 0.264 e. The van der Waals surface area contributed by atoms with Gasteiger partial charge in [0.15, 0.2) is 11.5 Å². The number of hydrogen-bond donors (Lipinski definition) is 2. The molecule has 2 N–H and O–H groups in total. The summed E-state index contributed by atoms with van der Waals surface area (Å²) in [6, 6.07) is 26.9. The lowest BCUT2D eigenvalue weighted by atomic mass is 9.81. The molecule has 6 nitrogen and oxygen atoms in total. The maximum absolute atomic E-state index is 14.1. The molecule has 2 saturated heterocycles. The number of nitriles is 1. The minimum absolute atomic E-state index is 0.0627. The highest BCUT2D eigenvalue weighted by Gasteiger charge is 2.54. The fraction of sp³-hybridized carbons (Fsp3) is 0.222. The van der Waals surface area contributed by atoms with Crippen LogP contribution in [0, 0.1) is 16.7 Å². The van der Waals surface area contributed by atoms with Gasteiger partial charge >= 0.3 is 0 Å². The maximum atomic E-state index is 14.1. The van der Waals surface area contributed by atoms with E-state index in [9.17, 15) is 10.1 Å². The third-order valence-electron chi connectivity index (χ3n) is 6.47. The molecule has 2 aliphatic rings. The lowest BCUT2D eigenvalue weighted by Gasteiger charge is -2.32. The first-order chi connectivity index (χ1) is 16.1. The Bertz CT molecular complexity index is 1240. The number of nitrogens with one attached hydrogen (secondary N) is 2. The number of guanidine groups is 1. The van der Waals surface area contributed by atoms with Gasteiger partial charge in [-0.15, -0.1) is 0 Å². The normalized spacial score (nSPS) is 21.0. The van der Waals surface area contributed by atoms with E-state index in [2.05, 4.69) is 11.4 Å². The molecule has 3 aromatic rings. The van der Waals surface area contributed by atoms with E-state index in [4.69, 9.17) is 10.1 Å². The van der Waals surface area contributed by atoms with Gasteiger partial charge in [0.25, 0.3) is 5.91 Å². The van der Waals surface area contributed by atoms with Crippen LogP contribution in [0.25, 0.3) is 11.1 Å². The molecule has 1 atom stereocenters. The molecule has 2 heterocycles. The zero-order chi connectivity index (χ0) is 22.8. The monoisotopic (exact) mass is 436 g/mol. The van der Waals surface area contributed by atoms with Crippen molar-refractivity contribution < 1.29 is 9.53 Å². The Morgan fingerprint density at radius 1 is 0.939 bits per heavy atom. The largest absolute Gasteiger partial charge is 0.381 e. The van der Waals surface area contributed by atoms with E-state index in [1.54, 1.807) is 11.0 Å². The van der Waals surface area contributed by atoms with Crippen molar-refractivity contribution in [3.63, 3.8) is 0 Å². The molecule has 5 rings (SSSR count). The number of amides is 1. The third-order valence-corrected chi connectivity index (χ3v) is 6.47. The highest BCUT2D eigenvalue weighted by atomic mass is 16.5. The van der Waals surface area contributed by atoms with Crippen LogP contribution < -0.4 is 5.32 Å². The third kappa shape index (κ3) is 3.57. The van der Waals surface area contributed by atoms with Crippen LogP contribution in [0.2, 0.25) is 0 Å². The molecule has 0 aromatic heterocycles. The molecular weight excluding hydrogens is 412 g/mol. The van der Waals surface area contributed by atoms with E-state index in [0.717, 1.165) is 22.3 Å². The lowest BCUT2D eigenvalue weighted by Crippen LogP contribution is -2.47. The number of hydrogen-bond acceptors (Lipinski definition) is 4. The quantitative estimate of drug-likeness (QED) is 0.647. The minimum Gasteiger partial charge on any atom is -0.381 e. The van der Waals surface area contributed by atoms with Gasteiger partial charge in [0.1, 0.15) is 0 Å². The average Bonchev–Trinajstić information content (AvgIpc) is 3.16. The molecule has 3 aromatic carbocycles. The number of nitrogens with zero attached hydrogens (tertiary/aromatic N) is 2. The predicted octanol–water partition coefficient (Wildman–Crippen LogP) is 4.01. The molecule has 0 radical (unpaired) electrons. The Hall–Kier alpha value is -3.95. The van der Waals surface area contributed by atoms with Crippen molar-refractivity contribution in [2.24, 2.45) is 0 Å². The highest BCUT2D eigenvalue weighted by Crippen LogP contribution is 2.39. The second-order valence-corrected chi connectivity index (χ2v) is 8.38. The van der Waals surface area contributed by atoms with Crippen LogP contribution in [0.4, 0.5) is 0 Å². The van der Waals surface area contributed by atoms with Crippen LogP contribution in [-0.4, -0.2) is 36.0 Å². The second-order valence-electron chi connectivity index (χ2n) is 8.38. The summed E-state index contributed by atoms with van der Waals surface area (Å²) in [7, 11) is 0. The number of rotatable bonds is 4. The van der Waals surface area contributed by atoms with E-state index in [-0.39, 0.29) is 17.9 Å². The van der Waals surface area contributed by atoms with Crippen molar-refractivity contribution >= 4 is 11.9 Å². The van der Waals surface area contributed by atoms with Crippen molar-refractivity contribution in [2.45, 2.75) is 24.4 Å². The fourth-order valence-electron chi connectivity index (χ4n) is 4.81. The summed E-state index contributed by atoms with van der Waals surface area (Å²) in [5.41, 5.74) is 2.75. The molecule has 33 heavy (non-hydrogen) atoms. The van der Waals surface area contributed by atoms with Gasteiger partial charge in [0.05, 0.1) is 11.6 Å². The first-order valence-corrected chi connectivity index (χ1v) is 11.1. The SMILES string of the molecule is N#Cc1cccc(-c2cccc(C3(c4ccccc4)NC(=N)N(C4CCOCC4)C3=O)c2)c1. The van der Waals surface area contributed by atoms with Crippen molar-refractivity contribution in [3.05, 3.63) is 95.6 Å². The van der Waals surface area contributed by atoms with Crippen LogP contribution in [-0.2, 0) is 15.1 Å². The molecule has 0 spiro atoms. The van der Waals surface area contributed by atoms with E-state index < -0.39 is 5.54 Å². The molecule has 164 valence electrons. The molecule has 6 heteroatoms. The van der Waals surface area contributed by atoms with Gasteiger partial charge in [-0.1, -0.05) is 60.7 Å². The molecule has 0 aliphatic carbocycles. The van der Waals surface area contributed by atoms with Crippen LogP contribution in [0.15, 0.2) is 78.9 Å². The number of carbonyl (C=O) groups is 1. The first-order valence-electron chi connectivity index (χ1n) is 11.1. The van der Waals surface area contributed by atoms with Gasteiger partial charge in [-0.3, -0.25) is 15.1 Å². The number of ether oxygens (including phenoxy) is 1. The Morgan fingerprint density at radius 3 is 2.33 bits per heavy atom.